The van der Waals surface area contributed by atoms with Crippen molar-refractivity contribution in [2.24, 2.45) is 0 Å². The molecule has 0 amide bonds. The maximum Gasteiger partial charge on any atom is 0.171 e. The summed E-state index contributed by atoms with van der Waals surface area (Å²) < 4.78 is 10.5. The third kappa shape index (κ3) is 2.64. The molecule has 18 heavy (non-hydrogen) atoms. The first-order valence-electron chi connectivity index (χ1n) is 6.24. The van der Waals surface area contributed by atoms with Gasteiger partial charge in [-0.2, -0.15) is 0 Å². The number of carbonyl (C=O) groups excluding carboxylic acids is 1. The first kappa shape index (κ1) is 12.9. The molecule has 0 bridgehead atoms. The highest BCUT2D eigenvalue weighted by Gasteiger charge is 2.23. The third-order valence-electron chi connectivity index (χ3n) is 3.30. The van der Waals surface area contributed by atoms with Gasteiger partial charge in [0.25, 0.3) is 0 Å². The SMILES string of the molecule is COc1cccc(OC)c1C(=O)CC1CCCN1. The molecule has 1 N–H and O–H groups in total. The van der Waals surface area contributed by atoms with E-state index in [0.29, 0.717) is 23.5 Å². The molecule has 1 aliphatic heterocycles. The van der Waals surface area contributed by atoms with Gasteiger partial charge in [0.1, 0.15) is 17.1 Å². The highest BCUT2D eigenvalue weighted by atomic mass is 16.5. The van der Waals surface area contributed by atoms with Crippen molar-refractivity contribution in [3.05, 3.63) is 23.8 Å². The number of Topliss-reactive ketones (excluding diaryl/α,β-unsaturated/α-hetero) is 1. The molecule has 0 aromatic heterocycles. The second kappa shape index (κ2) is 5.87. The van der Waals surface area contributed by atoms with Crippen molar-refractivity contribution in [3.8, 4) is 11.5 Å². The minimum atomic E-state index is 0.0729. The van der Waals surface area contributed by atoms with E-state index in [1.807, 2.05) is 6.07 Å². The molecular weight excluding hydrogens is 230 g/mol. The first-order chi connectivity index (χ1) is 8.76. The minimum Gasteiger partial charge on any atom is -0.496 e. The summed E-state index contributed by atoms with van der Waals surface area (Å²) >= 11 is 0. The molecular formula is C14H19NO3. The largest absolute Gasteiger partial charge is 0.496 e. The van der Waals surface area contributed by atoms with Gasteiger partial charge in [-0.05, 0) is 31.5 Å². The van der Waals surface area contributed by atoms with Crippen LogP contribution in [0.25, 0.3) is 0 Å². The summed E-state index contributed by atoms with van der Waals surface area (Å²) in [6, 6.07) is 5.69. The highest BCUT2D eigenvalue weighted by molar-refractivity contribution is 6.01. The lowest BCUT2D eigenvalue weighted by Gasteiger charge is -2.14. The fraction of sp³-hybridized carbons (Fsp3) is 0.500. The summed E-state index contributed by atoms with van der Waals surface area (Å²) in [4.78, 5) is 12.4. The summed E-state index contributed by atoms with van der Waals surface area (Å²) in [7, 11) is 3.14. The van der Waals surface area contributed by atoms with Crippen LogP contribution in [0.3, 0.4) is 0 Å². The monoisotopic (exact) mass is 249 g/mol. The summed E-state index contributed by atoms with van der Waals surface area (Å²) in [6.45, 7) is 1.00. The number of carbonyl (C=O) groups is 1. The summed E-state index contributed by atoms with van der Waals surface area (Å²) in [5, 5.41) is 3.33. The number of benzene rings is 1. The molecule has 0 aliphatic carbocycles. The van der Waals surface area contributed by atoms with Crippen LogP contribution in [0, 0.1) is 0 Å². The van der Waals surface area contributed by atoms with Gasteiger partial charge in [0.05, 0.1) is 14.2 Å². The Labute approximate surface area is 107 Å². The van der Waals surface area contributed by atoms with Gasteiger partial charge in [-0.1, -0.05) is 6.07 Å². The van der Waals surface area contributed by atoms with E-state index in [1.165, 1.54) is 0 Å². The zero-order valence-electron chi connectivity index (χ0n) is 10.9. The number of rotatable bonds is 5. The van der Waals surface area contributed by atoms with Crippen LogP contribution in [-0.2, 0) is 0 Å². The lowest BCUT2D eigenvalue weighted by atomic mass is 10.0. The molecule has 98 valence electrons. The number of hydrogen-bond donors (Lipinski definition) is 1. The maximum absolute atomic E-state index is 12.4. The lowest BCUT2D eigenvalue weighted by molar-refractivity contribution is 0.0965. The second-order valence-corrected chi connectivity index (χ2v) is 4.46. The van der Waals surface area contributed by atoms with Gasteiger partial charge in [-0.15, -0.1) is 0 Å². The Morgan fingerprint density at radius 2 is 2.00 bits per heavy atom. The first-order valence-corrected chi connectivity index (χ1v) is 6.24. The zero-order chi connectivity index (χ0) is 13.0. The Morgan fingerprint density at radius 1 is 1.33 bits per heavy atom. The van der Waals surface area contributed by atoms with Crippen LogP contribution in [-0.4, -0.2) is 32.6 Å². The van der Waals surface area contributed by atoms with Gasteiger partial charge in [-0.25, -0.2) is 0 Å². The van der Waals surface area contributed by atoms with Crippen LogP contribution >= 0.6 is 0 Å². The highest BCUT2D eigenvalue weighted by Crippen LogP contribution is 2.30. The van der Waals surface area contributed by atoms with Crippen molar-refractivity contribution in [3.63, 3.8) is 0 Å². The van der Waals surface area contributed by atoms with Gasteiger partial charge in [0, 0.05) is 12.5 Å². The smallest absolute Gasteiger partial charge is 0.171 e. The molecule has 1 heterocycles. The molecule has 4 heteroatoms. The molecule has 0 radical (unpaired) electrons. The molecule has 1 saturated heterocycles. The Hall–Kier alpha value is -1.55. The van der Waals surface area contributed by atoms with Crippen molar-refractivity contribution < 1.29 is 14.3 Å². The van der Waals surface area contributed by atoms with Crippen molar-refractivity contribution >= 4 is 5.78 Å². The van der Waals surface area contributed by atoms with E-state index < -0.39 is 0 Å². The Balaban J connectivity index is 2.21. The predicted octanol–water partition coefficient (Wildman–Crippen LogP) is 2.03. The van der Waals surface area contributed by atoms with E-state index in [-0.39, 0.29) is 11.8 Å². The minimum absolute atomic E-state index is 0.0729. The average Bonchev–Trinajstić information content (AvgIpc) is 2.90. The van der Waals surface area contributed by atoms with Crippen LogP contribution < -0.4 is 14.8 Å². The Kier molecular flexibility index (Phi) is 4.20. The topological polar surface area (TPSA) is 47.6 Å². The quantitative estimate of drug-likeness (QED) is 0.811. The molecule has 2 rings (SSSR count). The van der Waals surface area contributed by atoms with Crippen LogP contribution in [0.5, 0.6) is 11.5 Å². The zero-order valence-corrected chi connectivity index (χ0v) is 10.9. The summed E-state index contributed by atoms with van der Waals surface area (Å²) in [5.41, 5.74) is 0.552. The van der Waals surface area contributed by atoms with Crippen molar-refractivity contribution in [1.82, 2.24) is 5.32 Å². The van der Waals surface area contributed by atoms with Crippen LogP contribution in [0.4, 0.5) is 0 Å². The molecule has 1 aliphatic rings. The van der Waals surface area contributed by atoms with E-state index in [2.05, 4.69) is 5.32 Å². The lowest BCUT2D eigenvalue weighted by Crippen LogP contribution is -2.25. The van der Waals surface area contributed by atoms with Gasteiger partial charge in [0.2, 0.25) is 0 Å². The van der Waals surface area contributed by atoms with Gasteiger partial charge in [-0.3, -0.25) is 4.79 Å². The van der Waals surface area contributed by atoms with Crippen LogP contribution in [0.1, 0.15) is 29.6 Å². The number of ketones is 1. The van der Waals surface area contributed by atoms with Crippen molar-refractivity contribution in [2.75, 3.05) is 20.8 Å². The molecule has 1 aromatic carbocycles. The van der Waals surface area contributed by atoms with Crippen LogP contribution in [0.2, 0.25) is 0 Å². The molecule has 1 fully saturated rings. The molecule has 1 atom stereocenters. The van der Waals surface area contributed by atoms with E-state index in [1.54, 1.807) is 26.4 Å². The van der Waals surface area contributed by atoms with Crippen molar-refractivity contribution in [1.29, 1.82) is 0 Å². The van der Waals surface area contributed by atoms with Gasteiger partial charge < -0.3 is 14.8 Å². The van der Waals surface area contributed by atoms with E-state index in [9.17, 15) is 4.79 Å². The van der Waals surface area contributed by atoms with Crippen molar-refractivity contribution in [2.45, 2.75) is 25.3 Å². The van der Waals surface area contributed by atoms with E-state index >= 15 is 0 Å². The second-order valence-electron chi connectivity index (χ2n) is 4.46. The summed E-state index contributed by atoms with van der Waals surface area (Å²) in [6.07, 6.45) is 2.70. The maximum atomic E-state index is 12.4. The Bertz CT molecular complexity index is 403. The number of hydrogen-bond acceptors (Lipinski definition) is 4. The van der Waals surface area contributed by atoms with Crippen LogP contribution in [0.15, 0.2) is 18.2 Å². The van der Waals surface area contributed by atoms with E-state index in [4.69, 9.17) is 9.47 Å². The number of nitrogens with one attached hydrogen (secondary N) is 1. The van der Waals surface area contributed by atoms with Gasteiger partial charge >= 0.3 is 0 Å². The van der Waals surface area contributed by atoms with Gasteiger partial charge in [0.15, 0.2) is 5.78 Å². The van der Waals surface area contributed by atoms with E-state index in [0.717, 1.165) is 19.4 Å². The fourth-order valence-corrected chi connectivity index (χ4v) is 2.38. The number of ether oxygens (including phenoxy) is 2. The summed E-state index contributed by atoms with van der Waals surface area (Å²) in [5.74, 6) is 1.23. The molecule has 0 saturated carbocycles. The normalized spacial score (nSPS) is 18.7. The standard InChI is InChI=1S/C14H19NO3/c1-17-12-6-3-7-13(18-2)14(12)11(16)9-10-5-4-8-15-10/h3,6-7,10,15H,4-5,8-9H2,1-2H3. The molecule has 0 spiro atoms. The Morgan fingerprint density at radius 3 is 2.50 bits per heavy atom. The molecule has 1 aromatic rings. The molecule has 1 unspecified atom stereocenters. The predicted molar refractivity (Wildman–Crippen MR) is 69.5 cm³/mol. The average molecular weight is 249 g/mol. The third-order valence-corrected chi connectivity index (χ3v) is 3.30. The number of methoxy groups -OCH3 is 2. The molecule has 4 nitrogen and oxygen atoms in total. The fourth-order valence-electron chi connectivity index (χ4n) is 2.38.